The molecule has 202 valence electrons. The van der Waals surface area contributed by atoms with Crippen molar-refractivity contribution in [3.8, 4) is 18.4 Å². The first-order valence-electron chi connectivity index (χ1n) is 13.1. The van der Waals surface area contributed by atoms with Crippen molar-refractivity contribution in [1.29, 1.82) is 5.26 Å². The van der Waals surface area contributed by atoms with Crippen LogP contribution in [0.15, 0.2) is 53.9 Å². The highest BCUT2D eigenvalue weighted by atomic mass is 35.5. The molecule has 1 saturated carbocycles. The minimum Gasteiger partial charge on any atom is -0.383 e. The van der Waals surface area contributed by atoms with Crippen LogP contribution in [0.25, 0.3) is 21.1 Å². The Morgan fingerprint density at radius 1 is 1.27 bits per heavy atom. The van der Waals surface area contributed by atoms with E-state index >= 15 is 0 Å². The Kier molecular flexibility index (Phi) is 6.47. The molecule has 8 nitrogen and oxygen atoms in total. The second-order valence-electron chi connectivity index (χ2n) is 11.4. The first-order chi connectivity index (χ1) is 19.2. The van der Waals surface area contributed by atoms with Crippen LogP contribution in [0.5, 0.6) is 0 Å². The van der Waals surface area contributed by atoms with Gasteiger partial charge in [-0.3, -0.25) is 9.99 Å². The third kappa shape index (κ3) is 4.77. The van der Waals surface area contributed by atoms with E-state index in [4.69, 9.17) is 18.0 Å². The zero-order chi connectivity index (χ0) is 28.1. The summed E-state index contributed by atoms with van der Waals surface area (Å²) in [5.41, 5.74) is 13.7. The van der Waals surface area contributed by atoms with Crippen molar-refractivity contribution in [3.63, 3.8) is 0 Å². The topological polar surface area (TPSA) is 101 Å². The molecule has 1 atom stereocenters. The SMILES string of the molecule is C#Cc1cnc2c(Cl)cc(N[C@H](C3=CN(C4(C#N)CC4)NN3)c3cccc4ncsc34)cc2c1NCC(C)(C)C. The summed E-state index contributed by atoms with van der Waals surface area (Å²) in [6, 6.07) is 12.2. The minimum absolute atomic E-state index is 0.0431. The van der Waals surface area contributed by atoms with Gasteiger partial charge in [-0.25, -0.2) is 4.98 Å². The number of pyridine rings is 1. The van der Waals surface area contributed by atoms with Gasteiger partial charge in [0.15, 0.2) is 0 Å². The van der Waals surface area contributed by atoms with Gasteiger partial charge in [0.1, 0.15) is 5.54 Å². The number of nitrogens with one attached hydrogen (secondary N) is 4. The summed E-state index contributed by atoms with van der Waals surface area (Å²) >= 11 is 8.42. The van der Waals surface area contributed by atoms with Crippen molar-refractivity contribution in [2.75, 3.05) is 17.2 Å². The van der Waals surface area contributed by atoms with Gasteiger partial charge in [-0.1, -0.05) is 50.4 Å². The summed E-state index contributed by atoms with van der Waals surface area (Å²) in [7, 11) is 0. The van der Waals surface area contributed by atoms with Gasteiger partial charge in [0.25, 0.3) is 0 Å². The minimum atomic E-state index is -0.521. The average Bonchev–Trinajstić information content (AvgIpc) is 3.31. The molecule has 0 bridgehead atoms. The second kappa shape index (κ2) is 9.87. The fraction of sp³-hybridized carbons (Fsp3) is 0.300. The molecule has 1 fully saturated rings. The Morgan fingerprint density at radius 3 is 2.83 bits per heavy atom. The van der Waals surface area contributed by atoms with Crippen LogP contribution in [0.2, 0.25) is 5.02 Å². The molecule has 0 amide bonds. The van der Waals surface area contributed by atoms with Crippen molar-refractivity contribution in [3.05, 3.63) is 70.1 Å². The van der Waals surface area contributed by atoms with E-state index < -0.39 is 5.54 Å². The number of hydrazine groups is 2. The maximum absolute atomic E-state index is 9.75. The Hall–Kier alpha value is -4.02. The standard InChI is InChI=1S/C30H29ClN8S/c1-5-18-13-33-26-21(25(18)34-16-29(2,3)4)11-19(12-22(26)31)36-27(20-7-6-8-23-28(20)40-17-35-23)24-14-39(38-37-24)30(15-32)9-10-30/h1,6-8,11-14,17,27,36-38H,9-10,16H2,2-4H3,(H,33,34)/t27-/m0/s1. The molecular formula is C30H29ClN8S. The van der Waals surface area contributed by atoms with E-state index in [-0.39, 0.29) is 11.5 Å². The lowest BCUT2D eigenvalue weighted by Crippen LogP contribution is -2.44. The van der Waals surface area contributed by atoms with Crippen LogP contribution < -0.4 is 21.6 Å². The van der Waals surface area contributed by atoms with Gasteiger partial charge in [0, 0.05) is 30.0 Å². The number of nitriles is 1. The first kappa shape index (κ1) is 26.2. The third-order valence-corrected chi connectivity index (χ3v) is 8.36. The van der Waals surface area contributed by atoms with Crippen LogP contribution in [0, 0.1) is 29.1 Å². The fourth-order valence-corrected chi connectivity index (χ4v) is 5.96. The van der Waals surface area contributed by atoms with Gasteiger partial charge in [-0.15, -0.1) is 23.3 Å². The molecule has 4 aromatic rings. The number of anilines is 2. The Bertz CT molecular complexity index is 1730. The highest BCUT2D eigenvalue weighted by Gasteiger charge is 2.50. The fourth-order valence-electron chi connectivity index (χ4n) is 4.85. The highest BCUT2D eigenvalue weighted by Crippen LogP contribution is 2.43. The molecule has 2 aromatic heterocycles. The molecule has 10 heteroatoms. The van der Waals surface area contributed by atoms with Crippen LogP contribution in [0.1, 0.15) is 50.8 Å². The van der Waals surface area contributed by atoms with Crippen molar-refractivity contribution in [1.82, 2.24) is 25.9 Å². The number of aromatic nitrogens is 2. The number of halogens is 1. The van der Waals surface area contributed by atoms with E-state index in [1.807, 2.05) is 41.0 Å². The maximum Gasteiger partial charge on any atom is 0.143 e. The summed E-state index contributed by atoms with van der Waals surface area (Å²) in [5, 5.41) is 20.2. The molecule has 0 spiro atoms. The average molecular weight is 569 g/mol. The quantitative estimate of drug-likeness (QED) is 0.192. The summed E-state index contributed by atoms with van der Waals surface area (Å²) < 4.78 is 1.08. The van der Waals surface area contributed by atoms with E-state index in [0.717, 1.165) is 57.6 Å². The molecule has 3 heterocycles. The van der Waals surface area contributed by atoms with E-state index in [1.54, 1.807) is 17.5 Å². The summed E-state index contributed by atoms with van der Waals surface area (Å²) in [6.45, 7) is 7.23. The predicted molar refractivity (Wildman–Crippen MR) is 162 cm³/mol. The first-order valence-corrected chi connectivity index (χ1v) is 14.3. The zero-order valence-corrected chi connectivity index (χ0v) is 24.0. The Balaban J connectivity index is 1.45. The molecule has 1 aliphatic carbocycles. The largest absolute Gasteiger partial charge is 0.383 e. The maximum atomic E-state index is 9.75. The molecular weight excluding hydrogens is 540 g/mol. The molecule has 0 saturated heterocycles. The lowest BCUT2D eigenvalue weighted by molar-refractivity contribution is 0.217. The van der Waals surface area contributed by atoms with E-state index in [0.29, 0.717) is 16.1 Å². The number of thiazole rings is 1. The highest BCUT2D eigenvalue weighted by molar-refractivity contribution is 7.17. The Labute approximate surface area is 242 Å². The van der Waals surface area contributed by atoms with Gasteiger partial charge in [0.05, 0.1) is 55.3 Å². The monoisotopic (exact) mass is 568 g/mol. The summed E-state index contributed by atoms with van der Waals surface area (Å²) in [6.07, 6.45) is 11.2. The number of hydrogen-bond donors (Lipinski definition) is 4. The second-order valence-corrected chi connectivity index (χ2v) is 12.7. The van der Waals surface area contributed by atoms with Crippen molar-refractivity contribution in [2.24, 2.45) is 5.41 Å². The van der Waals surface area contributed by atoms with Gasteiger partial charge >= 0.3 is 0 Å². The molecule has 4 N–H and O–H groups in total. The molecule has 40 heavy (non-hydrogen) atoms. The van der Waals surface area contributed by atoms with Crippen molar-refractivity contribution < 1.29 is 0 Å². The lowest BCUT2D eigenvalue weighted by Gasteiger charge is -2.24. The van der Waals surface area contributed by atoms with Gasteiger partial charge in [-0.2, -0.15) is 5.26 Å². The zero-order valence-electron chi connectivity index (χ0n) is 22.5. The van der Waals surface area contributed by atoms with Gasteiger partial charge < -0.3 is 16.1 Å². The molecule has 0 radical (unpaired) electrons. The number of hydrogen-bond acceptors (Lipinski definition) is 9. The van der Waals surface area contributed by atoms with Gasteiger partial charge in [-0.05, 0) is 42.0 Å². The van der Waals surface area contributed by atoms with Crippen LogP contribution in [-0.4, -0.2) is 27.1 Å². The molecule has 0 unspecified atom stereocenters. The van der Waals surface area contributed by atoms with E-state index in [1.165, 1.54) is 0 Å². The normalized spacial score (nSPS) is 16.6. The number of rotatable bonds is 7. The smallest absolute Gasteiger partial charge is 0.143 e. The third-order valence-electron chi connectivity index (χ3n) is 7.18. The lowest BCUT2D eigenvalue weighted by atomic mass is 9.96. The predicted octanol–water partition coefficient (Wildman–Crippen LogP) is 6.31. The number of fused-ring (bicyclic) bond motifs is 2. The van der Waals surface area contributed by atoms with Crippen LogP contribution in [0.3, 0.4) is 0 Å². The molecule has 6 rings (SSSR count). The Morgan fingerprint density at radius 2 is 2.10 bits per heavy atom. The van der Waals surface area contributed by atoms with Crippen molar-refractivity contribution >= 4 is 55.4 Å². The summed E-state index contributed by atoms with van der Waals surface area (Å²) in [4.78, 5) is 9.10. The van der Waals surface area contributed by atoms with Crippen LogP contribution >= 0.6 is 22.9 Å². The van der Waals surface area contributed by atoms with Crippen LogP contribution in [0.4, 0.5) is 11.4 Å². The number of nitrogens with zero attached hydrogens (tertiary/aromatic N) is 4. The van der Waals surface area contributed by atoms with Crippen LogP contribution in [-0.2, 0) is 0 Å². The number of terminal acetylenes is 1. The molecule has 2 aromatic carbocycles. The van der Waals surface area contributed by atoms with E-state index in [2.05, 4.69) is 70.4 Å². The van der Waals surface area contributed by atoms with Gasteiger partial charge in [0.2, 0.25) is 0 Å². The molecule has 2 aliphatic rings. The summed E-state index contributed by atoms with van der Waals surface area (Å²) in [5.74, 6) is 2.77. The van der Waals surface area contributed by atoms with Crippen molar-refractivity contribution in [2.45, 2.75) is 45.2 Å². The van der Waals surface area contributed by atoms with E-state index in [9.17, 15) is 5.26 Å². The molecule has 1 aliphatic heterocycles. The number of benzene rings is 2.